The molecule has 0 aromatic heterocycles. The maximum absolute atomic E-state index is 13.0. The molecule has 6 heteroatoms. The van der Waals surface area contributed by atoms with Crippen molar-refractivity contribution in [2.45, 2.75) is 35.6 Å². The van der Waals surface area contributed by atoms with Gasteiger partial charge in [-0.1, -0.05) is 12.1 Å². The molecule has 1 unspecified atom stereocenters. The normalized spacial score (nSPS) is 18.6. The fraction of sp³-hybridized carbons (Fsp3) is 0.300. The lowest BCUT2D eigenvalue weighted by atomic mass is 10.0. The molecule has 1 saturated carbocycles. The monoisotopic (exact) mass is 369 g/mol. The third kappa shape index (κ3) is 2.48. The van der Waals surface area contributed by atoms with Gasteiger partial charge in [0.05, 0.1) is 9.79 Å². The molecule has 1 aliphatic heterocycles. The van der Waals surface area contributed by atoms with Crippen molar-refractivity contribution in [3.63, 3.8) is 0 Å². The molecule has 0 N–H and O–H groups in total. The number of ketones is 1. The number of nitrogens with zero attached hydrogens (tertiary/aromatic N) is 1. The Bertz CT molecular complexity index is 1040. The van der Waals surface area contributed by atoms with E-state index in [1.54, 1.807) is 30.1 Å². The summed E-state index contributed by atoms with van der Waals surface area (Å²) >= 11 is 0. The highest BCUT2D eigenvalue weighted by Crippen LogP contribution is 2.37. The Kier molecular flexibility index (Phi) is 3.77. The number of hydrogen-bond acceptors (Lipinski definition) is 4. The number of fused-ring (bicyclic) bond motifs is 2. The lowest BCUT2D eigenvalue weighted by molar-refractivity contribution is 0.0726. The lowest BCUT2D eigenvalue weighted by Gasteiger charge is -2.26. The first kappa shape index (κ1) is 17.0. The smallest absolute Gasteiger partial charge is 0.253 e. The zero-order chi connectivity index (χ0) is 18.6. The van der Waals surface area contributed by atoms with Crippen LogP contribution in [0.1, 0.15) is 46.0 Å². The van der Waals surface area contributed by atoms with Crippen LogP contribution in [-0.4, -0.2) is 38.1 Å². The molecule has 1 fully saturated rings. The minimum atomic E-state index is -3.83. The largest absolute Gasteiger partial charge is 0.339 e. The van der Waals surface area contributed by atoms with E-state index in [-0.39, 0.29) is 44.2 Å². The second kappa shape index (κ2) is 5.77. The number of carbonyl (C=O) groups is 2. The van der Waals surface area contributed by atoms with Gasteiger partial charge in [-0.2, -0.15) is 0 Å². The van der Waals surface area contributed by atoms with E-state index >= 15 is 0 Å². The Labute approximate surface area is 152 Å². The van der Waals surface area contributed by atoms with Gasteiger partial charge in [0.15, 0.2) is 5.78 Å². The summed E-state index contributed by atoms with van der Waals surface area (Å²) in [4.78, 5) is 27.0. The number of carbonyl (C=O) groups excluding carboxylic acids is 2. The Morgan fingerprint density at radius 3 is 2.42 bits per heavy atom. The Morgan fingerprint density at radius 1 is 1.08 bits per heavy atom. The Morgan fingerprint density at radius 2 is 1.73 bits per heavy atom. The zero-order valence-electron chi connectivity index (χ0n) is 14.6. The first-order valence-electron chi connectivity index (χ1n) is 8.62. The topological polar surface area (TPSA) is 71.5 Å². The van der Waals surface area contributed by atoms with E-state index in [2.05, 4.69) is 0 Å². The van der Waals surface area contributed by atoms with Gasteiger partial charge in [0.2, 0.25) is 9.84 Å². The number of hydrogen-bond donors (Lipinski definition) is 0. The summed E-state index contributed by atoms with van der Waals surface area (Å²) in [6, 6.07) is 10.6. The molecule has 0 spiro atoms. The number of benzene rings is 2. The van der Waals surface area contributed by atoms with Crippen molar-refractivity contribution in [1.29, 1.82) is 0 Å². The van der Waals surface area contributed by atoms with Crippen molar-refractivity contribution in [3.8, 4) is 0 Å². The highest BCUT2D eigenvalue weighted by atomic mass is 32.2. The summed E-state index contributed by atoms with van der Waals surface area (Å²) in [6.45, 7) is 2.00. The average molecular weight is 369 g/mol. The van der Waals surface area contributed by atoms with Crippen molar-refractivity contribution in [2.24, 2.45) is 5.92 Å². The van der Waals surface area contributed by atoms with Gasteiger partial charge in [0.1, 0.15) is 0 Å². The van der Waals surface area contributed by atoms with Gasteiger partial charge < -0.3 is 4.90 Å². The van der Waals surface area contributed by atoms with Gasteiger partial charge in [-0.3, -0.25) is 9.59 Å². The molecular formula is C20H19NO4S. The van der Waals surface area contributed by atoms with E-state index < -0.39 is 9.84 Å². The van der Waals surface area contributed by atoms with E-state index in [1.807, 2.05) is 6.92 Å². The van der Waals surface area contributed by atoms with E-state index in [4.69, 9.17) is 0 Å². The molecule has 0 saturated heterocycles. The van der Waals surface area contributed by atoms with Crippen molar-refractivity contribution >= 4 is 21.5 Å². The molecular weight excluding hydrogens is 350 g/mol. The van der Waals surface area contributed by atoms with Crippen LogP contribution in [0.2, 0.25) is 0 Å². The Balaban J connectivity index is 1.78. The van der Waals surface area contributed by atoms with Crippen LogP contribution < -0.4 is 0 Å². The molecule has 5 nitrogen and oxygen atoms in total. The maximum atomic E-state index is 13.0. The van der Waals surface area contributed by atoms with Crippen LogP contribution >= 0.6 is 0 Å². The van der Waals surface area contributed by atoms with Crippen LogP contribution in [0.3, 0.4) is 0 Å². The summed E-state index contributed by atoms with van der Waals surface area (Å²) in [5, 5.41) is 0. The fourth-order valence-electron chi connectivity index (χ4n) is 3.50. The predicted molar refractivity (Wildman–Crippen MR) is 96.0 cm³/mol. The lowest BCUT2D eigenvalue weighted by Crippen LogP contribution is -2.36. The number of sulfone groups is 1. The minimum Gasteiger partial charge on any atom is -0.339 e. The molecule has 1 amide bonds. The van der Waals surface area contributed by atoms with Gasteiger partial charge in [-0.25, -0.2) is 8.42 Å². The predicted octanol–water partition coefficient (Wildman–Crippen LogP) is 2.93. The van der Waals surface area contributed by atoms with E-state index in [0.29, 0.717) is 5.92 Å². The summed E-state index contributed by atoms with van der Waals surface area (Å²) in [5.41, 5.74) is 0.589. The summed E-state index contributed by atoms with van der Waals surface area (Å²) in [5.74, 6) is -0.0448. The molecule has 26 heavy (non-hydrogen) atoms. The molecule has 134 valence electrons. The van der Waals surface area contributed by atoms with Gasteiger partial charge >= 0.3 is 0 Å². The molecule has 2 aromatic rings. The third-order valence-corrected chi connectivity index (χ3v) is 7.27. The van der Waals surface area contributed by atoms with Crippen molar-refractivity contribution in [3.05, 3.63) is 59.2 Å². The molecule has 1 heterocycles. The zero-order valence-corrected chi connectivity index (χ0v) is 15.4. The summed E-state index contributed by atoms with van der Waals surface area (Å²) < 4.78 is 25.9. The molecule has 4 rings (SSSR count). The van der Waals surface area contributed by atoms with Crippen LogP contribution in [0.4, 0.5) is 0 Å². The van der Waals surface area contributed by atoms with Crippen LogP contribution in [-0.2, 0) is 9.84 Å². The Hall–Kier alpha value is -2.47. The van der Waals surface area contributed by atoms with Crippen LogP contribution in [0.5, 0.6) is 0 Å². The molecule has 1 aliphatic carbocycles. The first-order chi connectivity index (χ1) is 12.3. The van der Waals surface area contributed by atoms with E-state index in [0.717, 1.165) is 12.8 Å². The van der Waals surface area contributed by atoms with Gasteiger partial charge in [-0.15, -0.1) is 0 Å². The highest BCUT2D eigenvalue weighted by molar-refractivity contribution is 7.91. The van der Waals surface area contributed by atoms with Gasteiger partial charge in [0.25, 0.3) is 5.91 Å². The van der Waals surface area contributed by atoms with Crippen LogP contribution in [0, 0.1) is 5.92 Å². The quantitative estimate of drug-likeness (QED) is 0.712. The van der Waals surface area contributed by atoms with Crippen molar-refractivity contribution in [2.75, 3.05) is 7.05 Å². The fourth-order valence-corrected chi connectivity index (χ4v) is 5.18. The second-order valence-corrected chi connectivity index (χ2v) is 8.92. The second-order valence-electron chi connectivity index (χ2n) is 7.03. The van der Waals surface area contributed by atoms with Gasteiger partial charge in [0, 0.05) is 29.8 Å². The number of amides is 1. The molecule has 1 atom stereocenters. The molecule has 2 aromatic carbocycles. The van der Waals surface area contributed by atoms with Crippen molar-refractivity contribution in [1.82, 2.24) is 4.90 Å². The van der Waals surface area contributed by atoms with E-state index in [9.17, 15) is 18.0 Å². The number of rotatable bonds is 3. The molecule has 2 aliphatic rings. The van der Waals surface area contributed by atoms with E-state index in [1.165, 1.54) is 24.3 Å². The van der Waals surface area contributed by atoms with Crippen LogP contribution in [0.15, 0.2) is 52.3 Å². The average Bonchev–Trinajstić information content (AvgIpc) is 3.49. The highest BCUT2D eigenvalue weighted by Gasteiger charge is 2.36. The molecule has 0 bridgehead atoms. The minimum absolute atomic E-state index is 0.00167. The maximum Gasteiger partial charge on any atom is 0.253 e. The third-order valence-electron chi connectivity index (χ3n) is 5.42. The summed E-state index contributed by atoms with van der Waals surface area (Å²) in [7, 11) is -2.10. The van der Waals surface area contributed by atoms with Crippen molar-refractivity contribution < 1.29 is 18.0 Å². The van der Waals surface area contributed by atoms with Gasteiger partial charge in [-0.05, 0) is 56.0 Å². The first-order valence-corrected chi connectivity index (χ1v) is 10.1. The molecule has 0 radical (unpaired) electrons. The standard InChI is InChI=1S/C20H19NO4S/c1-12(13-7-8-13)21(2)20(23)14-9-10-16-18(11-14)26(24,25)17-6-4-3-5-15(17)19(16)22/h3-6,9-13H,7-8H2,1-2H3. The van der Waals surface area contributed by atoms with Crippen LogP contribution in [0.25, 0.3) is 0 Å². The summed E-state index contributed by atoms with van der Waals surface area (Å²) in [6.07, 6.45) is 2.23. The SMILES string of the molecule is CC(C1CC1)N(C)C(=O)c1ccc2c(c1)S(=O)(=O)c1ccccc1C2=O.